The first kappa shape index (κ1) is 14.4. The molecule has 1 amide bonds. The third-order valence-corrected chi connectivity index (χ3v) is 3.41. The fourth-order valence-electron chi connectivity index (χ4n) is 1.92. The van der Waals surface area contributed by atoms with Gasteiger partial charge in [-0.3, -0.25) is 4.79 Å². The van der Waals surface area contributed by atoms with Gasteiger partial charge in [-0.05, 0) is 18.2 Å². The molecule has 0 saturated carbocycles. The zero-order valence-electron chi connectivity index (χ0n) is 10.4. The van der Waals surface area contributed by atoms with E-state index in [9.17, 15) is 9.18 Å². The monoisotopic (exact) mass is 330 g/mol. The fourth-order valence-corrected chi connectivity index (χ4v) is 2.33. The Kier molecular flexibility index (Phi) is 5.30. The van der Waals surface area contributed by atoms with Crippen molar-refractivity contribution in [3.63, 3.8) is 0 Å². The first-order valence-electron chi connectivity index (χ1n) is 6.17. The van der Waals surface area contributed by atoms with E-state index in [1.165, 1.54) is 6.07 Å². The molecule has 2 rings (SSSR count). The topological polar surface area (TPSA) is 50.4 Å². The molecule has 1 atom stereocenters. The number of hydrogen-bond acceptors (Lipinski definition) is 3. The van der Waals surface area contributed by atoms with E-state index in [4.69, 9.17) is 4.74 Å². The lowest BCUT2D eigenvalue weighted by Gasteiger charge is -2.23. The minimum absolute atomic E-state index is 0.0427. The van der Waals surface area contributed by atoms with E-state index in [0.717, 1.165) is 11.0 Å². The second-order valence-electron chi connectivity index (χ2n) is 4.44. The van der Waals surface area contributed by atoms with Crippen LogP contribution in [0.4, 0.5) is 4.39 Å². The summed E-state index contributed by atoms with van der Waals surface area (Å²) in [5.74, 6) is -0.426. The van der Waals surface area contributed by atoms with E-state index in [1.807, 2.05) is 0 Å². The van der Waals surface area contributed by atoms with Crippen molar-refractivity contribution in [1.29, 1.82) is 0 Å². The SMILES string of the molecule is O=C(CC1COCCN1)NCc1cc(Br)ccc1F. The number of carbonyl (C=O) groups excluding carboxylic acids is 1. The Morgan fingerprint density at radius 1 is 1.58 bits per heavy atom. The van der Waals surface area contributed by atoms with E-state index >= 15 is 0 Å². The van der Waals surface area contributed by atoms with Gasteiger partial charge in [0.15, 0.2) is 0 Å². The third-order valence-electron chi connectivity index (χ3n) is 2.91. The van der Waals surface area contributed by atoms with Crippen molar-refractivity contribution < 1.29 is 13.9 Å². The molecule has 0 aliphatic carbocycles. The van der Waals surface area contributed by atoms with Crippen LogP contribution < -0.4 is 10.6 Å². The molecule has 0 spiro atoms. The second kappa shape index (κ2) is 6.98. The molecule has 1 aromatic rings. The zero-order valence-corrected chi connectivity index (χ0v) is 12.0. The number of hydrogen-bond donors (Lipinski definition) is 2. The Hall–Kier alpha value is -0.980. The van der Waals surface area contributed by atoms with Gasteiger partial charge in [0, 0.05) is 35.6 Å². The van der Waals surface area contributed by atoms with Crippen LogP contribution in [0.25, 0.3) is 0 Å². The highest BCUT2D eigenvalue weighted by atomic mass is 79.9. The molecule has 1 heterocycles. The van der Waals surface area contributed by atoms with Crippen LogP contribution in [0.1, 0.15) is 12.0 Å². The summed E-state index contributed by atoms with van der Waals surface area (Å²) in [7, 11) is 0. The van der Waals surface area contributed by atoms with Crippen LogP contribution in [0.5, 0.6) is 0 Å². The molecule has 19 heavy (non-hydrogen) atoms. The summed E-state index contributed by atoms with van der Waals surface area (Å²) >= 11 is 3.28. The third kappa shape index (κ3) is 4.56. The van der Waals surface area contributed by atoms with E-state index in [0.29, 0.717) is 25.2 Å². The molecule has 1 aliphatic rings. The van der Waals surface area contributed by atoms with Gasteiger partial charge in [0.2, 0.25) is 5.91 Å². The predicted molar refractivity (Wildman–Crippen MR) is 73.2 cm³/mol. The van der Waals surface area contributed by atoms with Crippen LogP contribution in [0.3, 0.4) is 0 Å². The van der Waals surface area contributed by atoms with Crippen molar-refractivity contribution in [2.75, 3.05) is 19.8 Å². The standard InChI is InChI=1S/C13H16BrFN2O2/c14-10-1-2-12(15)9(5-10)7-17-13(18)6-11-8-19-4-3-16-11/h1-2,5,11,16H,3-4,6-8H2,(H,17,18). The summed E-state index contributed by atoms with van der Waals surface area (Å²) in [5.41, 5.74) is 0.468. The lowest BCUT2D eigenvalue weighted by Crippen LogP contribution is -2.44. The largest absolute Gasteiger partial charge is 0.378 e. The smallest absolute Gasteiger partial charge is 0.221 e. The molecule has 1 aromatic carbocycles. The van der Waals surface area contributed by atoms with Crippen LogP contribution in [0.2, 0.25) is 0 Å². The quantitative estimate of drug-likeness (QED) is 0.881. The van der Waals surface area contributed by atoms with Crippen molar-refractivity contribution in [3.05, 3.63) is 34.1 Å². The van der Waals surface area contributed by atoms with Crippen molar-refractivity contribution in [1.82, 2.24) is 10.6 Å². The van der Waals surface area contributed by atoms with Crippen LogP contribution >= 0.6 is 15.9 Å². The summed E-state index contributed by atoms with van der Waals surface area (Å²) < 4.78 is 19.5. The Morgan fingerprint density at radius 2 is 2.42 bits per heavy atom. The number of nitrogens with one attached hydrogen (secondary N) is 2. The summed E-state index contributed by atoms with van der Waals surface area (Å²) in [6, 6.07) is 4.71. The van der Waals surface area contributed by atoms with Gasteiger partial charge < -0.3 is 15.4 Å². The van der Waals surface area contributed by atoms with Gasteiger partial charge in [0.05, 0.1) is 13.2 Å². The van der Waals surface area contributed by atoms with Gasteiger partial charge in [-0.2, -0.15) is 0 Å². The molecule has 0 radical (unpaired) electrons. The molecule has 2 N–H and O–H groups in total. The Bertz CT molecular complexity index is 450. The molecule has 1 fully saturated rings. The number of morpholine rings is 1. The number of benzene rings is 1. The molecule has 1 saturated heterocycles. The highest BCUT2D eigenvalue weighted by molar-refractivity contribution is 9.10. The van der Waals surface area contributed by atoms with E-state index in [1.54, 1.807) is 12.1 Å². The first-order valence-corrected chi connectivity index (χ1v) is 6.96. The average molecular weight is 331 g/mol. The number of carbonyl (C=O) groups is 1. The second-order valence-corrected chi connectivity index (χ2v) is 5.36. The number of ether oxygens (including phenoxy) is 1. The lowest BCUT2D eigenvalue weighted by atomic mass is 10.1. The van der Waals surface area contributed by atoms with Gasteiger partial charge in [0.1, 0.15) is 5.82 Å². The van der Waals surface area contributed by atoms with Crippen molar-refractivity contribution in [3.8, 4) is 0 Å². The molecule has 1 aliphatic heterocycles. The van der Waals surface area contributed by atoms with Crippen molar-refractivity contribution >= 4 is 21.8 Å². The number of halogens is 2. The fraction of sp³-hybridized carbons (Fsp3) is 0.462. The van der Waals surface area contributed by atoms with Crippen LogP contribution in [-0.4, -0.2) is 31.7 Å². The molecule has 0 bridgehead atoms. The molecule has 0 aromatic heterocycles. The summed E-state index contributed by atoms with van der Waals surface area (Å²) in [6.07, 6.45) is 0.343. The van der Waals surface area contributed by atoms with Gasteiger partial charge in [-0.15, -0.1) is 0 Å². The maximum atomic E-state index is 13.5. The van der Waals surface area contributed by atoms with Gasteiger partial charge in [-0.25, -0.2) is 4.39 Å². The Balaban J connectivity index is 1.81. The Labute approximate surface area is 119 Å². The summed E-state index contributed by atoms with van der Waals surface area (Å²) in [5, 5.41) is 5.92. The van der Waals surface area contributed by atoms with E-state index in [-0.39, 0.29) is 24.3 Å². The molecule has 104 valence electrons. The molecular weight excluding hydrogens is 315 g/mol. The minimum atomic E-state index is -0.317. The minimum Gasteiger partial charge on any atom is -0.378 e. The summed E-state index contributed by atoms with van der Waals surface area (Å²) in [4.78, 5) is 11.7. The molecule has 4 nitrogen and oxygen atoms in total. The maximum absolute atomic E-state index is 13.5. The van der Waals surface area contributed by atoms with Crippen LogP contribution in [0, 0.1) is 5.82 Å². The highest BCUT2D eigenvalue weighted by Gasteiger charge is 2.16. The Morgan fingerprint density at radius 3 is 3.16 bits per heavy atom. The van der Waals surface area contributed by atoms with Gasteiger partial charge in [0.25, 0.3) is 0 Å². The van der Waals surface area contributed by atoms with E-state index < -0.39 is 0 Å². The highest BCUT2D eigenvalue weighted by Crippen LogP contribution is 2.15. The maximum Gasteiger partial charge on any atom is 0.221 e. The first-order chi connectivity index (χ1) is 9.15. The molecule has 6 heteroatoms. The van der Waals surface area contributed by atoms with Gasteiger partial charge >= 0.3 is 0 Å². The number of amides is 1. The average Bonchev–Trinajstić information content (AvgIpc) is 2.41. The molecular formula is C13H16BrFN2O2. The predicted octanol–water partition coefficient (Wildman–Crippen LogP) is 1.58. The normalized spacial score (nSPS) is 19.2. The lowest BCUT2D eigenvalue weighted by molar-refractivity contribution is -0.122. The summed E-state index contributed by atoms with van der Waals surface area (Å²) in [6.45, 7) is 2.18. The van der Waals surface area contributed by atoms with Crippen LogP contribution in [-0.2, 0) is 16.1 Å². The van der Waals surface area contributed by atoms with E-state index in [2.05, 4.69) is 26.6 Å². The van der Waals surface area contributed by atoms with Crippen LogP contribution in [0.15, 0.2) is 22.7 Å². The number of rotatable bonds is 4. The zero-order chi connectivity index (χ0) is 13.7. The molecule has 1 unspecified atom stereocenters. The van der Waals surface area contributed by atoms with Crippen molar-refractivity contribution in [2.24, 2.45) is 0 Å². The van der Waals surface area contributed by atoms with Crippen molar-refractivity contribution in [2.45, 2.75) is 19.0 Å². The van der Waals surface area contributed by atoms with Gasteiger partial charge in [-0.1, -0.05) is 15.9 Å².